The lowest BCUT2D eigenvalue weighted by Gasteiger charge is -2.24. The fourth-order valence-electron chi connectivity index (χ4n) is 2.80. The zero-order valence-electron chi connectivity index (χ0n) is 12.5. The van der Waals surface area contributed by atoms with Gasteiger partial charge >= 0.3 is 11.9 Å². The standard InChI is InChI=1S/C14H14F3N5O2/c15-14(16,17)11-4-7-21(20-11)8-12(23)22-6-1-2-10(22)9-3-5-18-13(24)19-9/h3-5,7,10H,1-2,6,8H2,(H,18,19,24)/t10-/m1/s1. The van der Waals surface area contributed by atoms with Crippen LogP contribution < -0.4 is 5.69 Å². The Labute approximate surface area is 134 Å². The lowest BCUT2D eigenvalue weighted by atomic mass is 10.1. The number of likely N-dealkylation sites (tertiary alicyclic amines) is 1. The summed E-state index contributed by atoms with van der Waals surface area (Å²) in [5.41, 5.74) is -0.974. The predicted octanol–water partition coefficient (Wildman–Crippen LogP) is 1.35. The third-order valence-corrected chi connectivity index (χ3v) is 3.86. The molecule has 0 bridgehead atoms. The van der Waals surface area contributed by atoms with Crippen LogP contribution in [-0.4, -0.2) is 37.1 Å². The number of carbonyl (C=O) groups is 1. The van der Waals surface area contributed by atoms with Crippen LogP contribution in [0.15, 0.2) is 29.3 Å². The third-order valence-electron chi connectivity index (χ3n) is 3.86. The highest BCUT2D eigenvalue weighted by Gasteiger charge is 2.34. The van der Waals surface area contributed by atoms with Gasteiger partial charge in [-0.15, -0.1) is 0 Å². The quantitative estimate of drug-likeness (QED) is 0.913. The number of aromatic amines is 1. The molecule has 0 aromatic carbocycles. The van der Waals surface area contributed by atoms with Crippen LogP contribution in [0.3, 0.4) is 0 Å². The van der Waals surface area contributed by atoms with Crippen molar-refractivity contribution in [2.24, 2.45) is 0 Å². The summed E-state index contributed by atoms with van der Waals surface area (Å²) in [4.78, 5) is 31.4. The molecule has 0 aliphatic carbocycles. The summed E-state index contributed by atoms with van der Waals surface area (Å²) in [7, 11) is 0. The number of hydrogen-bond donors (Lipinski definition) is 1. The van der Waals surface area contributed by atoms with E-state index in [-0.39, 0.29) is 18.5 Å². The van der Waals surface area contributed by atoms with Crippen molar-refractivity contribution in [1.82, 2.24) is 24.6 Å². The van der Waals surface area contributed by atoms with Crippen molar-refractivity contribution in [3.05, 3.63) is 46.4 Å². The van der Waals surface area contributed by atoms with E-state index in [2.05, 4.69) is 15.1 Å². The molecule has 2 aromatic heterocycles. The van der Waals surface area contributed by atoms with Crippen LogP contribution in [-0.2, 0) is 17.5 Å². The number of rotatable bonds is 3. The number of aromatic nitrogens is 4. The van der Waals surface area contributed by atoms with Gasteiger partial charge in [0.25, 0.3) is 0 Å². The van der Waals surface area contributed by atoms with Crippen LogP contribution in [0.4, 0.5) is 13.2 Å². The molecule has 1 aliphatic rings. The highest BCUT2D eigenvalue weighted by molar-refractivity contribution is 5.76. The number of hydrogen-bond acceptors (Lipinski definition) is 4. The molecule has 0 radical (unpaired) electrons. The lowest BCUT2D eigenvalue weighted by molar-refractivity contribution is -0.142. The number of amides is 1. The highest BCUT2D eigenvalue weighted by Crippen LogP contribution is 2.30. The molecule has 7 nitrogen and oxygen atoms in total. The highest BCUT2D eigenvalue weighted by atomic mass is 19.4. The average molecular weight is 341 g/mol. The molecular formula is C14H14F3N5O2. The summed E-state index contributed by atoms with van der Waals surface area (Å²) in [6.45, 7) is 0.184. The van der Waals surface area contributed by atoms with Crippen LogP contribution in [0.5, 0.6) is 0 Å². The first-order valence-electron chi connectivity index (χ1n) is 7.30. The zero-order chi connectivity index (χ0) is 17.3. The molecule has 1 N–H and O–H groups in total. The largest absolute Gasteiger partial charge is 0.435 e. The van der Waals surface area contributed by atoms with E-state index in [4.69, 9.17) is 0 Å². The topological polar surface area (TPSA) is 83.9 Å². The van der Waals surface area contributed by atoms with Crippen molar-refractivity contribution in [2.45, 2.75) is 31.6 Å². The van der Waals surface area contributed by atoms with Gasteiger partial charge in [0.15, 0.2) is 5.69 Å². The number of nitrogens with zero attached hydrogens (tertiary/aromatic N) is 4. The lowest BCUT2D eigenvalue weighted by Crippen LogP contribution is -2.34. The second kappa shape index (κ2) is 6.10. The minimum absolute atomic E-state index is 0.290. The first-order chi connectivity index (χ1) is 11.3. The Bertz CT molecular complexity index is 798. The maximum absolute atomic E-state index is 12.5. The van der Waals surface area contributed by atoms with E-state index in [0.717, 1.165) is 23.4 Å². The third kappa shape index (κ3) is 3.31. The molecule has 1 aliphatic heterocycles. The number of halogens is 3. The van der Waals surface area contributed by atoms with Gasteiger partial charge in [0.1, 0.15) is 6.54 Å². The van der Waals surface area contributed by atoms with Gasteiger partial charge in [0.2, 0.25) is 5.91 Å². The SMILES string of the molecule is O=C(Cn1ccc(C(F)(F)F)n1)N1CCC[C@@H]1c1ccnc(=O)[nH]1. The van der Waals surface area contributed by atoms with E-state index in [1.807, 2.05) is 0 Å². The molecule has 128 valence electrons. The van der Waals surface area contributed by atoms with Gasteiger partial charge in [-0.2, -0.15) is 18.3 Å². The first-order valence-corrected chi connectivity index (χ1v) is 7.30. The van der Waals surface area contributed by atoms with Crippen LogP contribution >= 0.6 is 0 Å². The smallest absolute Gasteiger partial charge is 0.333 e. The van der Waals surface area contributed by atoms with Gasteiger partial charge in [-0.1, -0.05) is 0 Å². The number of H-pyrrole nitrogens is 1. The van der Waals surface area contributed by atoms with Gasteiger partial charge in [-0.25, -0.2) is 9.78 Å². The fourth-order valence-corrected chi connectivity index (χ4v) is 2.80. The molecule has 24 heavy (non-hydrogen) atoms. The molecule has 0 spiro atoms. The predicted molar refractivity (Wildman–Crippen MR) is 75.8 cm³/mol. The normalized spacial score (nSPS) is 18.1. The van der Waals surface area contributed by atoms with Gasteiger partial charge in [-0.3, -0.25) is 9.48 Å². The van der Waals surface area contributed by atoms with E-state index < -0.39 is 17.6 Å². The van der Waals surface area contributed by atoms with Gasteiger partial charge < -0.3 is 9.88 Å². The van der Waals surface area contributed by atoms with Crippen LogP contribution in [0.25, 0.3) is 0 Å². The van der Waals surface area contributed by atoms with Crippen molar-refractivity contribution in [1.29, 1.82) is 0 Å². The zero-order valence-corrected chi connectivity index (χ0v) is 12.5. The van der Waals surface area contributed by atoms with E-state index in [9.17, 15) is 22.8 Å². The summed E-state index contributed by atoms with van der Waals surface area (Å²) in [5, 5.41) is 3.38. The molecular weight excluding hydrogens is 327 g/mol. The van der Waals surface area contributed by atoms with Crippen molar-refractivity contribution in [3.63, 3.8) is 0 Å². The monoisotopic (exact) mass is 341 g/mol. The second-order valence-electron chi connectivity index (χ2n) is 5.47. The van der Waals surface area contributed by atoms with E-state index in [0.29, 0.717) is 18.7 Å². The van der Waals surface area contributed by atoms with Crippen LogP contribution in [0.2, 0.25) is 0 Å². The maximum Gasteiger partial charge on any atom is 0.435 e. The Hall–Kier alpha value is -2.65. The van der Waals surface area contributed by atoms with E-state index in [1.54, 1.807) is 11.0 Å². The Morgan fingerprint density at radius 1 is 1.38 bits per heavy atom. The number of nitrogens with one attached hydrogen (secondary N) is 1. The van der Waals surface area contributed by atoms with Gasteiger partial charge in [-0.05, 0) is 25.0 Å². The molecule has 2 aromatic rings. The number of carbonyl (C=O) groups excluding carboxylic acids is 1. The molecule has 0 saturated carbocycles. The van der Waals surface area contributed by atoms with Crippen molar-refractivity contribution >= 4 is 5.91 Å². The average Bonchev–Trinajstić information content (AvgIpc) is 3.15. The van der Waals surface area contributed by atoms with Crippen molar-refractivity contribution in [2.75, 3.05) is 6.54 Å². The summed E-state index contributed by atoms with van der Waals surface area (Å²) in [6, 6.07) is 2.13. The summed E-state index contributed by atoms with van der Waals surface area (Å²) in [6.07, 6.45) is -0.647. The van der Waals surface area contributed by atoms with Gasteiger partial charge in [0.05, 0.1) is 6.04 Å². The van der Waals surface area contributed by atoms with Gasteiger partial charge in [0, 0.05) is 24.6 Å². The fraction of sp³-hybridized carbons (Fsp3) is 0.429. The summed E-state index contributed by atoms with van der Waals surface area (Å²) < 4.78 is 38.6. The van der Waals surface area contributed by atoms with E-state index in [1.165, 1.54) is 6.20 Å². The molecule has 3 rings (SSSR count). The maximum atomic E-state index is 12.5. The minimum Gasteiger partial charge on any atom is -0.333 e. The van der Waals surface area contributed by atoms with Crippen molar-refractivity contribution < 1.29 is 18.0 Å². The second-order valence-corrected chi connectivity index (χ2v) is 5.47. The summed E-state index contributed by atoms with van der Waals surface area (Å²) in [5.74, 6) is -0.355. The Morgan fingerprint density at radius 2 is 2.17 bits per heavy atom. The van der Waals surface area contributed by atoms with Crippen LogP contribution in [0.1, 0.15) is 30.3 Å². The molecule has 0 unspecified atom stereocenters. The Morgan fingerprint density at radius 3 is 2.83 bits per heavy atom. The minimum atomic E-state index is -4.54. The Kier molecular flexibility index (Phi) is 4.12. The molecule has 3 heterocycles. The number of alkyl halides is 3. The molecule has 1 saturated heterocycles. The molecule has 1 amide bonds. The molecule has 10 heteroatoms. The molecule has 1 atom stereocenters. The van der Waals surface area contributed by atoms with E-state index >= 15 is 0 Å². The van der Waals surface area contributed by atoms with Crippen molar-refractivity contribution in [3.8, 4) is 0 Å². The first kappa shape index (κ1) is 16.2. The van der Waals surface area contributed by atoms with Crippen LogP contribution in [0, 0.1) is 0 Å². The molecule has 1 fully saturated rings. The Balaban J connectivity index is 1.74. The summed E-state index contributed by atoms with van der Waals surface area (Å²) >= 11 is 0.